The second-order valence-electron chi connectivity index (χ2n) is 6.28. The van der Waals surface area contributed by atoms with Crippen LogP contribution in [-0.4, -0.2) is 11.1 Å². The van der Waals surface area contributed by atoms with E-state index in [0.29, 0.717) is 39.1 Å². The molecule has 0 fully saturated rings. The number of carboxylic acid groups (broad SMARTS) is 1. The van der Waals surface area contributed by atoms with Crippen molar-refractivity contribution in [3.8, 4) is 11.8 Å². The van der Waals surface area contributed by atoms with Gasteiger partial charge < -0.3 is 9.84 Å². The molecule has 0 saturated heterocycles. The smallest absolute Gasteiger partial charge is 0.335 e. The lowest BCUT2D eigenvalue weighted by Crippen LogP contribution is -1.97. The van der Waals surface area contributed by atoms with Crippen LogP contribution in [0.25, 0.3) is 11.6 Å². The molecule has 0 amide bonds. The first-order valence-corrected chi connectivity index (χ1v) is 10.5. The minimum Gasteiger partial charge on any atom is -0.486 e. The van der Waals surface area contributed by atoms with Gasteiger partial charge in [0.25, 0.3) is 0 Å². The summed E-state index contributed by atoms with van der Waals surface area (Å²) in [7, 11) is 0. The summed E-state index contributed by atoms with van der Waals surface area (Å²) in [6.45, 7) is 0.324. The second kappa shape index (κ2) is 9.98. The van der Waals surface area contributed by atoms with Crippen LogP contribution in [0.1, 0.15) is 27.0 Å². The Morgan fingerprint density at radius 2 is 1.60 bits per heavy atom. The number of nitriles is 1. The third kappa shape index (κ3) is 5.54. The molecule has 0 aliphatic heterocycles. The molecule has 0 heterocycles. The molecule has 0 aromatic heterocycles. The average molecular weight is 550 g/mol. The molecule has 0 bridgehead atoms. The van der Waals surface area contributed by atoms with Crippen molar-refractivity contribution in [2.75, 3.05) is 0 Å². The highest BCUT2D eigenvalue weighted by Crippen LogP contribution is 2.36. The lowest BCUT2D eigenvalue weighted by molar-refractivity contribution is 0.0697. The van der Waals surface area contributed by atoms with Crippen LogP contribution in [0.3, 0.4) is 0 Å². The van der Waals surface area contributed by atoms with E-state index in [4.69, 9.17) is 33.0 Å². The Bertz CT molecular complexity index is 1130. The summed E-state index contributed by atoms with van der Waals surface area (Å²) in [5.41, 5.74) is 2.71. The molecule has 0 unspecified atom stereocenters. The zero-order chi connectivity index (χ0) is 21.7. The summed E-state index contributed by atoms with van der Waals surface area (Å²) < 4.78 is 6.93. The summed E-state index contributed by atoms with van der Waals surface area (Å²) in [5.74, 6) is -0.651. The van der Waals surface area contributed by atoms with Crippen LogP contribution in [0.4, 0.5) is 0 Å². The zero-order valence-corrected chi connectivity index (χ0v) is 19.1. The predicted octanol–water partition coefficient (Wildman–Crippen LogP) is 6.94. The highest BCUT2D eigenvalue weighted by molar-refractivity contribution is 14.1. The van der Waals surface area contributed by atoms with Gasteiger partial charge in [0, 0.05) is 3.57 Å². The van der Waals surface area contributed by atoms with Gasteiger partial charge in [-0.15, -0.1) is 0 Å². The first kappa shape index (κ1) is 22.2. The summed E-state index contributed by atoms with van der Waals surface area (Å²) in [6.07, 6.45) is 1.64. The van der Waals surface area contributed by atoms with E-state index in [1.807, 2.05) is 24.3 Å². The number of aromatic carboxylic acids is 1. The molecule has 150 valence electrons. The lowest BCUT2D eigenvalue weighted by atomic mass is 10.0. The van der Waals surface area contributed by atoms with Crippen LogP contribution >= 0.6 is 45.8 Å². The molecule has 0 spiro atoms. The number of rotatable bonds is 6. The highest BCUT2D eigenvalue weighted by atomic mass is 127. The third-order valence-electron chi connectivity index (χ3n) is 4.19. The van der Waals surface area contributed by atoms with Crippen molar-refractivity contribution in [3.05, 3.63) is 96.5 Å². The molecule has 0 aliphatic rings. The first-order chi connectivity index (χ1) is 14.4. The fraction of sp³-hybridized carbons (Fsp3) is 0.0435. The molecule has 1 N–H and O–H groups in total. The molecular formula is C23H14Cl2INO3. The van der Waals surface area contributed by atoms with Crippen molar-refractivity contribution in [3.63, 3.8) is 0 Å². The molecule has 0 radical (unpaired) electrons. The average Bonchev–Trinajstić information content (AvgIpc) is 2.73. The Balaban J connectivity index is 1.83. The van der Waals surface area contributed by atoms with E-state index < -0.39 is 5.97 Å². The SMILES string of the molecule is N#C/C(=C/c1cc(Cl)c(OCc2ccc(I)cc2)c(Cl)c1)c1ccc(C(=O)O)cc1. The van der Waals surface area contributed by atoms with Crippen LogP contribution in [0.2, 0.25) is 10.0 Å². The van der Waals surface area contributed by atoms with Gasteiger partial charge >= 0.3 is 5.97 Å². The van der Waals surface area contributed by atoms with Crippen molar-refractivity contribution in [2.45, 2.75) is 6.61 Å². The van der Waals surface area contributed by atoms with Gasteiger partial charge in [0.1, 0.15) is 6.61 Å². The quantitative estimate of drug-likeness (QED) is 0.205. The second-order valence-corrected chi connectivity index (χ2v) is 8.34. The van der Waals surface area contributed by atoms with E-state index in [-0.39, 0.29) is 5.56 Å². The fourth-order valence-corrected chi connectivity index (χ4v) is 3.65. The number of halogens is 3. The molecule has 3 rings (SSSR count). The molecule has 3 aromatic carbocycles. The molecule has 3 aromatic rings. The van der Waals surface area contributed by atoms with E-state index >= 15 is 0 Å². The van der Waals surface area contributed by atoms with Crippen molar-refractivity contribution in [1.82, 2.24) is 0 Å². The van der Waals surface area contributed by atoms with E-state index in [1.54, 1.807) is 30.3 Å². The number of allylic oxidation sites excluding steroid dienone is 1. The van der Waals surface area contributed by atoms with Crippen molar-refractivity contribution < 1.29 is 14.6 Å². The number of carboxylic acids is 1. The van der Waals surface area contributed by atoms with Crippen LogP contribution in [0.5, 0.6) is 5.75 Å². The van der Waals surface area contributed by atoms with Crippen molar-refractivity contribution in [2.24, 2.45) is 0 Å². The maximum Gasteiger partial charge on any atom is 0.335 e. The number of hydrogen-bond acceptors (Lipinski definition) is 3. The van der Waals surface area contributed by atoms with E-state index in [9.17, 15) is 10.1 Å². The molecule has 0 aliphatic carbocycles. The van der Waals surface area contributed by atoms with Gasteiger partial charge in [0.05, 0.1) is 27.3 Å². The monoisotopic (exact) mass is 549 g/mol. The summed E-state index contributed by atoms with van der Waals surface area (Å²) in [6, 6.07) is 19.4. The third-order valence-corrected chi connectivity index (χ3v) is 5.47. The fourth-order valence-electron chi connectivity index (χ4n) is 2.68. The number of nitrogens with zero attached hydrogens (tertiary/aromatic N) is 1. The molecule has 0 saturated carbocycles. The van der Waals surface area contributed by atoms with Gasteiger partial charge in [-0.2, -0.15) is 5.26 Å². The Labute approximate surface area is 197 Å². The lowest BCUT2D eigenvalue weighted by Gasteiger charge is -2.11. The molecule has 0 atom stereocenters. The number of hydrogen-bond donors (Lipinski definition) is 1. The molecule has 4 nitrogen and oxygen atoms in total. The van der Waals surface area contributed by atoms with E-state index in [1.165, 1.54) is 12.1 Å². The van der Waals surface area contributed by atoms with Gasteiger partial charge in [-0.05, 0) is 81.8 Å². The predicted molar refractivity (Wildman–Crippen MR) is 127 cm³/mol. The minimum atomic E-state index is -1.02. The topological polar surface area (TPSA) is 70.3 Å². The van der Waals surface area contributed by atoms with Gasteiger partial charge in [-0.25, -0.2) is 4.79 Å². The highest BCUT2D eigenvalue weighted by Gasteiger charge is 2.11. The maximum absolute atomic E-state index is 11.0. The Morgan fingerprint density at radius 3 is 2.13 bits per heavy atom. The van der Waals surface area contributed by atoms with Gasteiger partial charge in [0.2, 0.25) is 0 Å². The van der Waals surface area contributed by atoms with Crippen LogP contribution in [0.15, 0.2) is 60.7 Å². The number of benzene rings is 3. The Kier molecular flexibility index (Phi) is 7.38. The Morgan fingerprint density at radius 1 is 1.03 bits per heavy atom. The van der Waals surface area contributed by atoms with Crippen molar-refractivity contribution in [1.29, 1.82) is 5.26 Å². The number of ether oxygens (including phenoxy) is 1. The summed E-state index contributed by atoms with van der Waals surface area (Å²) in [4.78, 5) is 11.0. The first-order valence-electron chi connectivity index (χ1n) is 8.69. The van der Waals surface area contributed by atoms with Crippen molar-refractivity contribution >= 4 is 63.4 Å². The summed E-state index contributed by atoms with van der Waals surface area (Å²) in [5, 5.41) is 19.2. The van der Waals surface area contributed by atoms with Gasteiger partial charge in [-0.3, -0.25) is 0 Å². The number of carbonyl (C=O) groups is 1. The van der Waals surface area contributed by atoms with Crippen LogP contribution in [0, 0.1) is 14.9 Å². The van der Waals surface area contributed by atoms with Crippen LogP contribution in [-0.2, 0) is 6.61 Å². The zero-order valence-electron chi connectivity index (χ0n) is 15.4. The molecule has 30 heavy (non-hydrogen) atoms. The minimum absolute atomic E-state index is 0.150. The maximum atomic E-state index is 11.0. The van der Waals surface area contributed by atoms with Crippen LogP contribution < -0.4 is 4.74 Å². The Hall–Kier alpha value is -2.53. The standard InChI is InChI=1S/C23H14Cl2INO3/c24-20-10-15(9-18(12-27)16-3-5-17(6-4-16)23(28)29)11-21(25)22(20)30-13-14-1-7-19(26)8-2-14/h1-11H,13H2,(H,28,29)/b18-9-. The largest absolute Gasteiger partial charge is 0.486 e. The van der Waals surface area contributed by atoms with E-state index in [2.05, 4.69) is 28.7 Å². The normalized spacial score (nSPS) is 11.1. The molecule has 7 heteroatoms. The summed E-state index contributed by atoms with van der Waals surface area (Å²) >= 11 is 15.0. The molecular weight excluding hydrogens is 536 g/mol. The van der Waals surface area contributed by atoms with Gasteiger partial charge in [-0.1, -0.05) is 47.5 Å². The van der Waals surface area contributed by atoms with E-state index in [0.717, 1.165) is 9.13 Å². The van der Waals surface area contributed by atoms with Gasteiger partial charge in [0.15, 0.2) is 5.75 Å².